The van der Waals surface area contributed by atoms with Crippen molar-refractivity contribution in [2.24, 2.45) is 5.92 Å². The number of carbonyl (C=O) groups excluding carboxylic acids is 1. The van der Waals surface area contributed by atoms with Gasteiger partial charge >= 0.3 is 5.97 Å². The van der Waals surface area contributed by atoms with Crippen LogP contribution in [-0.4, -0.2) is 27.5 Å². The van der Waals surface area contributed by atoms with Gasteiger partial charge in [-0.25, -0.2) is 8.42 Å². The predicted molar refractivity (Wildman–Crippen MR) is 84.7 cm³/mol. The number of methoxy groups -OCH3 is 1. The van der Waals surface area contributed by atoms with E-state index >= 15 is 0 Å². The summed E-state index contributed by atoms with van der Waals surface area (Å²) in [4.78, 5) is 11.7. The Labute approximate surface area is 138 Å². The van der Waals surface area contributed by atoms with Crippen LogP contribution in [0.2, 0.25) is 5.02 Å². The first-order valence-electron chi connectivity index (χ1n) is 6.28. The van der Waals surface area contributed by atoms with Gasteiger partial charge in [0.2, 0.25) is 10.0 Å². The van der Waals surface area contributed by atoms with Crippen LogP contribution in [0.5, 0.6) is 0 Å². The summed E-state index contributed by atoms with van der Waals surface area (Å²) in [5, 5.41) is 0.0737. The van der Waals surface area contributed by atoms with Crippen LogP contribution in [0.3, 0.4) is 0 Å². The molecule has 0 radical (unpaired) electrons. The quantitative estimate of drug-likeness (QED) is 0.748. The van der Waals surface area contributed by atoms with Crippen LogP contribution in [0.15, 0.2) is 27.6 Å². The van der Waals surface area contributed by atoms with Crippen molar-refractivity contribution in [3.05, 3.63) is 27.7 Å². The molecule has 2 atom stereocenters. The SMILES string of the molecule is CCC(C)C(NS(=O)(=O)c1ccc(Br)cc1Cl)C(=O)OC. The molecular weight excluding hydrogens is 382 g/mol. The number of carbonyl (C=O) groups is 1. The van der Waals surface area contributed by atoms with E-state index in [2.05, 4.69) is 25.4 Å². The zero-order valence-electron chi connectivity index (χ0n) is 11.9. The normalized spacial score (nSPS) is 14.5. The molecule has 0 aliphatic rings. The molecule has 1 aromatic rings. The van der Waals surface area contributed by atoms with E-state index in [1.54, 1.807) is 13.0 Å². The van der Waals surface area contributed by atoms with Gasteiger partial charge in [0, 0.05) is 4.47 Å². The Hall–Kier alpha value is -0.630. The highest BCUT2D eigenvalue weighted by molar-refractivity contribution is 9.10. The number of hydrogen-bond donors (Lipinski definition) is 1. The second-order valence-corrected chi connectivity index (χ2v) is 7.59. The summed E-state index contributed by atoms with van der Waals surface area (Å²) in [6.07, 6.45) is 0.621. The Balaban J connectivity index is 3.14. The van der Waals surface area contributed by atoms with E-state index in [4.69, 9.17) is 11.6 Å². The van der Waals surface area contributed by atoms with Crippen LogP contribution in [0.1, 0.15) is 20.3 Å². The first kappa shape index (κ1) is 18.4. The third-order valence-electron chi connectivity index (χ3n) is 3.13. The summed E-state index contributed by atoms with van der Waals surface area (Å²) in [6.45, 7) is 3.63. The molecular formula is C13H17BrClNO4S. The van der Waals surface area contributed by atoms with Crippen LogP contribution in [0.25, 0.3) is 0 Å². The Bertz CT molecular complexity index is 621. The average molecular weight is 399 g/mol. The van der Waals surface area contributed by atoms with Crippen molar-refractivity contribution < 1.29 is 17.9 Å². The van der Waals surface area contributed by atoms with Crippen LogP contribution in [-0.2, 0) is 19.6 Å². The van der Waals surface area contributed by atoms with Gasteiger partial charge in [-0.2, -0.15) is 4.72 Å². The highest BCUT2D eigenvalue weighted by atomic mass is 79.9. The van der Waals surface area contributed by atoms with Gasteiger partial charge in [-0.15, -0.1) is 0 Å². The molecule has 1 aromatic carbocycles. The van der Waals surface area contributed by atoms with Gasteiger partial charge in [-0.3, -0.25) is 4.79 Å². The summed E-state index contributed by atoms with van der Waals surface area (Å²) in [6, 6.07) is 3.47. The van der Waals surface area contributed by atoms with Gasteiger partial charge in [-0.05, 0) is 24.1 Å². The summed E-state index contributed by atoms with van der Waals surface area (Å²) in [5.74, 6) is -0.831. The first-order chi connectivity index (χ1) is 9.72. The molecule has 0 fully saturated rings. The number of rotatable bonds is 6. The molecule has 1 N–H and O–H groups in total. The second kappa shape index (κ2) is 7.58. The van der Waals surface area contributed by atoms with Crippen molar-refractivity contribution in [2.45, 2.75) is 31.2 Å². The Morgan fingerprint density at radius 3 is 2.57 bits per heavy atom. The maximum absolute atomic E-state index is 12.4. The van der Waals surface area contributed by atoms with Gasteiger partial charge in [-0.1, -0.05) is 47.8 Å². The monoisotopic (exact) mass is 397 g/mol. The molecule has 118 valence electrons. The lowest BCUT2D eigenvalue weighted by Crippen LogP contribution is -2.45. The first-order valence-corrected chi connectivity index (χ1v) is 8.93. The average Bonchev–Trinajstić information content (AvgIpc) is 2.42. The number of benzene rings is 1. The molecule has 2 unspecified atom stereocenters. The fourth-order valence-corrected chi connectivity index (χ4v) is 4.01. The lowest BCUT2D eigenvalue weighted by molar-refractivity contribution is -0.143. The predicted octanol–water partition coefficient (Wildman–Crippen LogP) is 2.97. The molecule has 21 heavy (non-hydrogen) atoms. The number of sulfonamides is 1. The van der Waals surface area contributed by atoms with Crippen LogP contribution >= 0.6 is 27.5 Å². The molecule has 0 saturated heterocycles. The molecule has 0 spiro atoms. The smallest absolute Gasteiger partial charge is 0.324 e. The van der Waals surface area contributed by atoms with Crippen LogP contribution in [0.4, 0.5) is 0 Å². The molecule has 0 bridgehead atoms. The molecule has 0 aliphatic carbocycles. The van der Waals surface area contributed by atoms with Gasteiger partial charge < -0.3 is 4.74 Å². The fraction of sp³-hybridized carbons (Fsp3) is 0.462. The minimum atomic E-state index is -3.92. The second-order valence-electron chi connectivity index (χ2n) is 4.58. The molecule has 0 heterocycles. The van der Waals surface area contributed by atoms with Crippen molar-refractivity contribution in [2.75, 3.05) is 7.11 Å². The number of esters is 1. The summed E-state index contributed by atoms with van der Waals surface area (Å²) in [7, 11) is -2.70. The molecule has 0 aromatic heterocycles. The lowest BCUT2D eigenvalue weighted by Gasteiger charge is -2.22. The molecule has 0 aliphatic heterocycles. The largest absolute Gasteiger partial charge is 0.468 e. The lowest BCUT2D eigenvalue weighted by atomic mass is 10.0. The maximum Gasteiger partial charge on any atom is 0.324 e. The molecule has 1 rings (SSSR count). The highest BCUT2D eigenvalue weighted by Gasteiger charge is 2.31. The third kappa shape index (κ3) is 4.67. The summed E-state index contributed by atoms with van der Waals surface area (Å²) < 4.78 is 32.5. The molecule has 0 amide bonds. The van der Waals surface area contributed by atoms with E-state index in [0.29, 0.717) is 10.9 Å². The van der Waals surface area contributed by atoms with Crippen molar-refractivity contribution in [3.8, 4) is 0 Å². The van der Waals surface area contributed by atoms with Crippen molar-refractivity contribution in [3.63, 3.8) is 0 Å². The number of halogens is 2. The van der Waals surface area contributed by atoms with Crippen molar-refractivity contribution in [1.82, 2.24) is 4.72 Å². The van der Waals surface area contributed by atoms with Gasteiger partial charge in [0.25, 0.3) is 0 Å². The zero-order valence-corrected chi connectivity index (χ0v) is 15.0. The Kier molecular flexibility index (Phi) is 6.65. The minimum absolute atomic E-state index is 0.0737. The summed E-state index contributed by atoms with van der Waals surface area (Å²) >= 11 is 9.17. The number of hydrogen-bond acceptors (Lipinski definition) is 4. The minimum Gasteiger partial charge on any atom is -0.468 e. The third-order valence-corrected chi connectivity index (χ3v) is 5.55. The van der Waals surface area contributed by atoms with E-state index in [1.165, 1.54) is 19.2 Å². The van der Waals surface area contributed by atoms with E-state index in [9.17, 15) is 13.2 Å². The highest BCUT2D eigenvalue weighted by Crippen LogP contribution is 2.26. The topological polar surface area (TPSA) is 72.5 Å². The van der Waals surface area contributed by atoms with E-state index in [0.717, 1.165) is 0 Å². The number of ether oxygens (including phenoxy) is 1. The van der Waals surface area contributed by atoms with Gasteiger partial charge in [0.1, 0.15) is 10.9 Å². The standard InChI is InChI=1S/C13H17BrClNO4S/c1-4-8(2)12(13(17)20-3)16-21(18,19)11-6-5-9(14)7-10(11)15/h5-8,12,16H,4H2,1-3H3. The summed E-state index contributed by atoms with van der Waals surface area (Å²) in [5.41, 5.74) is 0. The maximum atomic E-state index is 12.4. The van der Waals surface area contributed by atoms with E-state index < -0.39 is 22.0 Å². The van der Waals surface area contributed by atoms with Crippen LogP contribution < -0.4 is 4.72 Å². The van der Waals surface area contributed by atoms with Crippen molar-refractivity contribution in [1.29, 1.82) is 0 Å². The fourth-order valence-electron chi connectivity index (χ4n) is 1.68. The van der Waals surface area contributed by atoms with E-state index in [1.807, 2.05) is 6.92 Å². The van der Waals surface area contributed by atoms with E-state index in [-0.39, 0.29) is 15.8 Å². The molecule has 0 saturated carbocycles. The van der Waals surface area contributed by atoms with Crippen molar-refractivity contribution >= 4 is 43.5 Å². The number of nitrogens with one attached hydrogen (secondary N) is 1. The Morgan fingerprint density at radius 2 is 2.10 bits per heavy atom. The van der Waals surface area contributed by atoms with Gasteiger partial charge in [0.05, 0.1) is 12.1 Å². The zero-order chi connectivity index (χ0) is 16.2. The Morgan fingerprint density at radius 1 is 1.48 bits per heavy atom. The molecule has 5 nitrogen and oxygen atoms in total. The van der Waals surface area contributed by atoms with Crippen LogP contribution in [0, 0.1) is 5.92 Å². The molecule has 8 heteroatoms. The van der Waals surface area contributed by atoms with Gasteiger partial charge in [0.15, 0.2) is 0 Å².